The fourth-order valence-electron chi connectivity index (χ4n) is 1.92. The predicted molar refractivity (Wildman–Crippen MR) is 62.1 cm³/mol. The molecule has 3 nitrogen and oxygen atoms in total. The Morgan fingerprint density at radius 3 is 2.50 bits per heavy atom. The number of nitrogens with zero attached hydrogens (tertiary/aromatic N) is 1. The van der Waals surface area contributed by atoms with Gasteiger partial charge in [-0.1, -0.05) is 30.3 Å². The summed E-state index contributed by atoms with van der Waals surface area (Å²) in [5.74, 6) is 0. The molecule has 1 aromatic carbocycles. The van der Waals surface area contributed by atoms with Crippen molar-refractivity contribution in [3.8, 4) is 0 Å². The second-order valence-corrected chi connectivity index (χ2v) is 4.13. The first-order valence-corrected chi connectivity index (χ1v) is 5.78. The highest BCUT2D eigenvalue weighted by Gasteiger charge is 2.21. The van der Waals surface area contributed by atoms with Crippen molar-refractivity contribution in [2.45, 2.75) is 25.9 Å². The fraction of sp³-hybridized carbons (Fsp3) is 0.462. The quantitative estimate of drug-likeness (QED) is 0.765. The van der Waals surface area contributed by atoms with Gasteiger partial charge in [-0.2, -0.15) is 0 Å². The van der Waals surface area contributed by atoms with E-state index in [4.69, 9.17) is 4.74 Å². The molecule has 1 heterocycles. The van der Waals surface area contributed by atoms with Crippen LogP contribution in [0.5, 0.6) is 0 Å². The molecule has 0 spiro atoms. The number of likely N-dealkylation sites (tertiary alicyclic amines) is 1. The van der Waals surface area contributed by atoms with Crippen LogP contribution in [0.3, 0.4) is 0 Å². The summed E-state index contributed by atoms with van der Waals surface area (Å²) in [6.45, 7) is 3.57. The average Bonchev–Trinajstić information content (AvgIpc) is 2.83. The third-order valence-electron chi connectivity index (χ3n) is 2.91. The Bertz CT molecular complexity index is 344. The molecule has 1 saturated heterocycles. The molecule has 3 heteroatoms. The lowest BCUT2D eigenvalue weighted by Gasteiger charge is -2.19. The van der Waals surface area contributed by atoms with Crippen molar-refractivity contribution in [1.82, 2.24) is 4.90 Å². The molecule has 0 aromatic heterocycles. The first-order chi connectivity index (χ1) is 7.77. The van der Waals surface area contributed by atoms with E-state index in [0.717, 1.165) is 31.5 Å². The summed E-state index contributed by atoms with van der Waals surface area (Å²) in [6.07, 6.45) is 1.83. The van der Waals surface area contributed by atoms with Gasteiger partial charge in [0, 0.05) is 13.1 Å². The van der Waals surface area contributed by atoms with Crippen LogP contribution in [0.4, 0.5) is 4.79 Å². The van der Waals surface area contributed by atoms with Gasteiger partial charge >= 0.3 is 6.09 Å². The van der Waals surface area contributed by atoms with Gasteiger partial charge in [-0.15, -0.1) is 0 Å². The lowest BCUT2D eigenvalue weighted by atomic mass is 10.1. The summed E-state index contributed by atoms with van der Waals surface area (Å²) < 4.78 is 5.41. The normalized spacial score (nSPS) is 17.2. The molecule has 0 bridgehead atoms. The van der Waals surface area contributed by atoms with Gasteiger partial charge in [0.2, 0.25) is 0 Å². The van der Waals surface area contributed by atoms with Crippen LogP contribution in [-0.2, 0) is 4.74 Å². The minimum absolute atomic E-state index is 0.172. The summed E-state index contributed by atoms with van der Waals surface area (Å²) in [7, 11) is 0. The average molecular weight is 219 g/mol. The molecule has 0 saturated carbocycles. The molecule has 1 atom stereocenters. The van der Waals surface area contributed by atoms with E-state index in [2.05, 4.69) is 0 Å². The Balaban J connectivity index is 1.92. The highest BCUT2D eigenvalue weighted by Crippen LogP contribution is 2.18. The van der Waals surface area contributed by atoms with Crippen LogP contribution in [-0.4, -0.2) is 24.1 Å². The van der Waals surface area contributed by atoms with Crippen molar-refractivity contribution in [2.24, 2.45) is 0 Å². The van der Waals surface area contributed by atoms with Gasteiger partial charge < -0.3 is 9.64 Å². The maximum atomic E-state index is 11.7. The number of amides is 1. The Morgan fingerprint density at radius 2 is 1.88 bits per heavy atom. The van der Waals surface area contributed by atoms with E-state index in [-0.39, 0.29) is 12.2 Å². The van der Waals surface area contributed by atoms with Gasteiger partial charge in [-0.05, 0) is 25.3 Å². The smallest absolute Gasteiger partial charge is 0.410 e. The van der Waals surface area contributed by atoms with Crippen LogP contribution in [0.25, 0.3) is 0 Å². The number of hydrogen-bond acceptors (Lipinski definition) is 2. The van der Waals surface area contributed by atoms with Crippen LogP contribution in [0.1, 0.15) is 31.4 Å². The standard InChI is InChI=1S/C13H17NO2/c1-11(12-7-3-2-4-8-12)16-13(15)14-9-5-6-10-14/h2-4,7-8,11H,5-6,9-10H2,1H3. The molecule has 86 valence electrons. The molecule has 16 heavy (non-hydrogen) atoms. The number of ether oxygens (including phenoxy) is 1. The molecule has 1 fully saturated rings. The second-order valence-electron chi connectivity index (χ2n) is 4.13. The number of rotatable bonds is 2. The van der Waals surface area contributed by atoms with E-state index in [9.17, 15) is 4.79 Å². The predicted octanol–water partition coefficient (Wildman–Crippen LogP) is 2.98. The van der Waals surface area contributed by atoms with E-state index in [1.807, 2.05) is 37.3 Å². The zero-order valence-corrected chi connectivity index (χ0v) is 9.56. The maximum absolute atomic E-state index is 11.7. The Labute approximate surface area is 96.0 Å². The van der Waals surface area contributed by atoms with Gasteiger partial charge in [0.05, 0.1) is 0 Å². The van der Waals surface area contributed by atoms with Crippen molar-refractivity contribution >= 4 is 6.09 Å². The van der Waals surface area contributed by atoms with E-state index < -0.39 is 0 Å². The summed E-state index contributed by atoms with van der Waals surface area (Å²) in [4.78, 5) is 13.5. The molecule has 0 radical (unpaired) electrons. The van der Waals surface area contributed by atoms with Crippen LogP contribution < -0.4 is 0 Å². The Kier molecular flexibility index (Phi) is 3.44. The molecule has 0 aliphatic carbocycles. The van der Waals surface area contributed by atoms with Crippen molar-refractivity contribution in [2.75, 3.05) is 13.1 Å². The summed E-state index contributed by atoms with van der Waals surface area (Å²) in [5, 5.41) is 0. The van der Waals surface area contributed by atoms with Gasteiger partial charge in [0.25, 0.3) is 0 Å². The lowest BCUT2D eigenvalue weighted by Crippen LogP contribution is -2.29. The van der Waals surface area contributed by atoms with E-state index in [1.165, 1.54) is 0 Å². The highest BCUT2D eigenvalue weighted by atomic mass is 16.6. The maximum Gasteiger partial charge on any atom is 0.410 e. The number of carbonyl (C=O) groups excluding carboxylic acids is 1. The summed E-state index contributed by atoms with van der Waals surface area (Å²) >= 11 is 0. The second kappa shape index (κ2) is 5.01. The van der Waals surface area contributed by atoms with Crippen molar-refractivity contribution in [1.29, 1.82) is 0 Å². The largest absolute Gasteiger partial charge is 0.442 e. The third kappa shape index (κ3) is 2.54. The SMILES string of the molecule is CC(OC(=O)N1CCCC1)c1ccccc1. The summed E-state index contributed by atoms with van der Waals surface area (Å²) in [5.41, 5.74) is 1.04. The van der Waals surface area contributed by atoms with Gasteiger partial charge in [0.15, 0.2) is 0 Å². The van der Waals surface area contributed by atoms with Crippen LogP contribution in [0.2, 0.25) is 0 Å². The molecule has 1 aliphatic rings. The first-order valence-electron chi connectivity index (χ1n) is 5.78. The van der Waals surface area contributed by atoms with Crippen LogP contribution in [0, 0.1) is 0 Å². The van der Waals surface area contributed by atoms with E-state index in [0.29, 0.717) is 0 Å². The van der Waals surface area contributed by atoms with E-state index >= 15 is 0 Å². The molecular weight excluding hydrogens is 202 g/mol. The monoisotopic (exact) mass is 219 g/mol. The van der Waals surface area contributed by atoms with Crippen molar-refractivity contribution in [3.05, 3.63) is 35.9 Å². The minimum Gasteiger partial charge on any atom is -0.442 e. The molecule has 1 unspecified atom stereocenters. The van der Waals surface area contributed by atoms with Crippen LogP contribution >= 0.6 is 0 Å². The lowest BCUT2D eigenvalue weighted by molar-refractivity contribution is 0.0761. The van der Waals surface area contributed by atoms with Crippen molar-refractivity contribution < 1.29 is 9.53 Å². The fourth-order valence-corrected chi connectivity index (χ4v) is 1.92. The Morgan fingerprint density at radius 1 is 1.25 bits per heavy atom. The zero-order valence-electron chi connectivity index (χ0n) is 9.56. The molecule has 0 N–H and O–H groups in total. The number of benzene rings is 1. The molecule has 1 amide bonds. The highest BCUT2D eigenvalue weighted by molar-refractivity contribution is 5.68. The molecule has 1 aromatic rings. The topological polar surface area (TPSA) is 29.5 Å². The van der Waals surface area contributed by atoms with Gasteiger partial charge in [0.1, 0.15) is 6.10 Å². The molecule has 1 aliphatic heterocycles. The number of hydrogen-bond donors (Lipinski definition) is 0. The molecule has 2 rings (SSSR count). The van der Waals surface area contributed by atoms with Gasteiger partial charge in [-0.25, -0.2) is 4.79 Å². The first kappa shape index (κ1) is 11.0. The van der Waals surface area contributed by atoms with Crippen molar-refractivity contribution in [3.63, 3.8) is 0 Å². The summed E-state index contributed by atoms with van der Waals surface area (Å²) in [6, 6.07) is 9.81. The molecular formula is C13H17NO2. The Hall–Kier alpha value is -1.51. The third-order valence-corrected chi connectivity index (χ3v) is 2.91. The zero-order chi connectivity index (χ0) is 11.4. The minimum atomic E-state index is -0.186. The van der Waals surface area contributed by atoms with Crippen LogP contribution in [0.15, 0.2) is 30.3 Å². The van der Waals surface area contributed by atoms with E-state index in [1.54, 1.807) is 4.90 Å². The number of carbonyl (C=O) groups is 1. The van der Waals surface area contributed by atoms with Gasteiger partial charge in [-0.3, -0.25) is 0 Å².